The third-order valence-corrected chi connectivity index (χ3v) is 3.44. The van der Waals surface area contributed by atoms with E-state index in [-0.39, 0.29) is 18.3 Å². The minimum atomic E-state index is -0.0255. The molecular weight excluding hydrogens is 250 g/mol. The van der Waals surface area contributed by atoms with E-state index in [2.05, 4.69) is 4.98 Å². The second-order valence-electron chi connectivity index (χ2n) is 4.80. The molecule has 1 fully saturated rings. The minimum absolute atomic E-state index is 0. The van der Waals surface area contributed by atoms with Crippen molar-refractivity contribution in [2.24, 2.45) is 5.92 Å². The topological polar surface area (TPSA) is 59.2 Å². The summed E-state index contributed by atoms with van der Waals surface area (Å²) in [6.07, 6.45) is 8.20. The van der Waals surface area contributed by atoms with E-state index in [1.54, 1.807) is 23.4 Å². The number of nitrogens with zero attached hydrogens (tertiary/aromatic N) is 2. The van der Waals surface area contributed by atoms with Crippen molar-refractivity contribution in [2.45, 2.75) is 25.7 Å². The summed E-state index contributed by atoms with van der Waals surface area (Å²) >= 11 is 0. The maximum atomic E-state index is 12.2. The maximum Gasteiger partial charge on any atom is 0.257 e. The Bertz CT molecular complexity index is 405. The normalized spacial score (nSPS) is 15.2. The van der Waals surface area contributed by atoms with Crippen LogP contribution >= 0.6 is 12.4 Å². The monoisotopic (exact) mass is 269 g/mol. The summed E-state index contributed by atoms with van der Waals surface area (Å²) in [5.74, 6) is 0.629. The molecular formula is C13H20ClN3O. The maximum absolute atomic E-state index is 12.2. The van der Waals surface area contributed by atoms with Crippen molar-refractivity contribution in [3.05, 3.63) is 24.0 Å². The highest BCUT2D eigenvalue weighted by Crippen LogP contribution is 2.25. The van der Waals surface area contributed by atoms with Crippen molar-refractivity contribution >= 4 is 24.0 Å². The van der Waals surface area contributed by atoms with E-state index in [0.29, 0.717) is 17.2 Å². The summed E-state index contributed by atoms with van der Waals surface area (Å²) < 4.78 is 0. The Balaban J connectivity index is 0.00000162. The van der Waals surface area contributed by atoms with Crippen LogP contribution in [0.5, 0.6) is 0 Å². The van der Waals surface area contributed by atoms with Gasteiger partial charge in [-0.2, -0.15) is 0 Å². The zero-order chi connectivity index (χ0) is 12.3. The fourth-order valence-electron chi connectivity index (χ4n) is 2.45. The van der Waals surface area contributed by atoms with Crippen molar-refractivity contribution < 1.29 is 4.79 Å². The number of nitrogens with two attached hydrogens (primary N) is 1. The third kappa shape index (κ3) is 3.35. The molecule has 0 aliphatic heterocycles. The van der Waals surface area contributed by atoms with Gasteiger partial charge in [-0.3, -0.25) is 9.78 Å². The third-order valence-electron chi connectivity index (χ3n) is 3.44. The largest absolute Gasteiger partial charge is 0.398 e. The first-order valence-corrected chi connectivity index (χ1v) is 6.13. The van der Waals surface area contributed by atoms with Gasteiger partial charge in [-0.05, 0) is 24.8 Å². The van der Waals surface area contributed by atoms with E-state index in [4.69, 9.17) is 5.73 Å². The van der Waals surface area contributed by atoms with Crippen LogP contribution < -0.4 is 5.73 Å². The first-order chi connectivity index (χ1) is 8.18. The fourth-order valence-corrected chi connectivity index (χ4v) is 2.45. The molecule has 5 heteroatoms. The Hall–Kier alpha value is -1.29. The average molecular weight is 270 g/mol. The van der Waals surface area contributed by atoms with Gasteiger partial charge in [-0.25, -0.2) is 0 Å². The van der Waals surface area contributed by atoms with Crippen molar-refractivity contribution in [3.63, 3.8) is 0 Å². The smallest absolute Gasteiger partial charge is 0.257 e. The average Bonchev–Trinajstić information content (AvgIpc) is 2.81. The number of halogens is 1. The molecule has 1 saturated carbocycles. The zero-order valence-corrected chi connectivity index (χ0v) is 11.4. The number of rotatable bonds is 3. The van der Waals surface area contributed by atoms with Crippen LogP contribution in [-0.2, 0) is 0 Å². The van der Waals surface area contributed by atoms with Gasteiger partial charge in [0.05, 0.1) is 5.56 Å². The van der Waals surface area contributed by atoms with Crippen LogP contribution in [0.2, 0.25) is 0 Å². The number of amides is 1. The molecule has 100 valence electrons. The van der Waals surface area contributed by atoms with E-state index in [0.717, 1.165) is 6.54 Å². The Kier molecular flexibility index (Phi) is 5.41. The van der Waals surface area contributed by atoms with E-state index >= 15 is 0 Å². The molecule has 0 radical (unpaired) electrons. The minimum Gasteiger partial charge on any atom is -0.398 e. The number of anilines is 1. The molecule has 4 nitrogen and oxygen atoms in total. The lowest BCUT2D eigenvalue weighted by atomic mass is 10.1. The molecule has 1 aliphatic carbocycles. The number of carbonyl (C=O) groups is 1. The molecule has 1 aromatic heterocycles. The molecule has 2 N–H and O–H groups in total. The Morgan fingerprint density at radius 3 is 2.78 bits per heavy atom. The SMILES string of the molecule is CN(CC1CCCC1)C(=O)c1cnccc1N.Cl. The van der Waals surface area contributed by atoms with Gasteiger partial charge in [0, 0.05) is 31.7 Å². The lowest BCUT2D eigenvalue weighted by Gasteiger charge is -2.21. The van der Waals surface area contributed by atoms with Crippen LogP contribution in [0, 0.1) is 5.92 Å². The molecule has 1 aromatic rings. The van der Waals surface area contributed by atoms with Crippen molar-refractivity contribution in [1.29, 1.82) is 0 Å². The van der Waals surface area contributed by atoms with Crippen molar-refractivity contribution in [3.8, 4) is 0 Å². The van der Waals surface area contributed by atoms with Gasteiger partial charge in [-0.1, -0.05) is 12.8 Å². The summed E-state index contributed by atoms with van der Waals surface area (Å²) in [5.41, 5.74) is 6.79. The summed E-state index contributed by atoms with van der Waals surface area (Å²) in [7, 11) is 1.84. The Morgan fingerprint density at radius 2 is 2.17 bits per heavy atom. The lowest BCUT2D eigenvalue weighted by Crippen LogP contribution is -2.31. The number of pyridine rings is 1. The summed E-state index contributed by atoms with van der Waals surface area (Å²) in [5, 5.41) is 0. The number of carbonyl (C=O) groups excluding carboxylic acids is 1. The zero-order valence-electron chi connectivity index (χ0n) is 10.6. The van der Waals surface area contributed by atoms with Crippen molar-refractivity contribution in [1.82, 2.24) is 9.88 Å². The fraction of sp³-hybridized carbons (Fsp3) is 0.538. The predicted molar refractivity (Wildman–Crippen MR) is 74.8 cm³/mol. The van der Waals surface area contributed by atoms with Gasteiger partial charge in [0.25, 0.3) is 5.91 Å². The number of hydrogen-bond acceptors (Lipinski definition) is 3. The van der Waals surface area contributed by atoms with Gasteiger partial charge < -0.3 is 10.6 Å². The van der Waals surface area contributed by atoms with Gasteiger partial charge in [0.2, 0.25) is 0 Å². The Morgan fingerprint density at radius 1 is 1.50 bits per heavy atom. The van der Waals surface area contributed by atoms with Crippen LogP contribution in [0.3, 0.4) is 0 Å². The van der Waals surface area contributed by atoms with Crippen molar-refractivity contribution in [2.75, 3.05) is 19.3 Å². The number of nitrogen functional groups attached to an aromatic ring is 1. The second-order valence-corrected chi connectivity index (χ2v) is 4.80. The number of aromatic nitrogens is 1. The highest BCUT2D eigenvalue weighted by molar-refractivity contribution is 5.98. The van der Waals surface area contributed by atoms with E-state index < -0.39 is 0 Å². The molecule has 0 aromatic carbocycles. The summed E-state index contributed by atoms with van der Waals surface area (Å²) in [4.78, 5) is 17.9. The highest BCUT2D eigenvalue weighted by Gasteiger charge is 2.21. The molecule has 0 saturated heterocycles. The molecule has 1 heterocycles. The number of hydrogen-bond donors (Lipinski definition) is 1. The molecule has 0 bridgehead atoms. The highest BCUT2D eigenvalue weighted by atomic mass is 35.5. The van der Waals surface area contributed by atoms with Crippen LogP contribution in [0.1, 0.15) is 36.0 Å². The molecule has 1 aliphatic rings. The van der Waals surface area contributed by atoms with Gasteiger partial charge >= 0.3 is 0 Å². The molecule has 2 rings (SSSR count). The summed E-state index contributed by atoms with van der Waals surface area (Å²) in [6, 6.07) is 1.66. The predicted octanol–water partition coefficient (Wildman–Crippen LogP) is 2.35. The molecule has 18 heavy (non-hydrogen) atoms. The summed E-state index contributed by atoms with van der Waals surface area (Å²) in [6.45, 7) is 0.827. The molecule has 0 spiro atoms. The first kappa shape index (κ1) is 14.8. The Labute approximate surface area is 114 Å². The quantitative estimate of drug-likeness (QED) is 0.916. The van der Waals surface area contributed by atoms with Gasteiger partial charge in [-0.15, -0.1) is 12.4 Å². The van der Waals surface area contributed by atoms with Crippen LogP contribution in [0.15, 0.2) is 18.5 Å². The van der Waals surface area contributed by atoms with Gasteiger partial charge in [0.1, 0.15) is 0 Å². The molecule has 0 atom stereocenters. The molecule has 0 unspecified atom stereocenters. The van der Waals surface area contributed by atoms with E-state index in [9.17, 15) is 4.79 Å². The van der Waals surface area contributed by atoms with Crippen LogP contribution in [0.25, 0.3) is 0 Å². The van der Waals surface area contributed by atoms with E-state index in [1.165, 1.54) is 25.7 Å². The van der Waals surface area contributed by atoms with Crippen LogP contribution in [-0.4, -0.2) is 29.4 Å². The second kappa shape index (κ2) is 6.59. The lowest BCUT2D eigenvalue weighted by molar-refractivity contribution is 0.0774. The molecule has 1 amide bonds. The van der Waals surface area contributed by atoms with Crippen LogP contribution in [0.4, 0.5) is 5.69 Å². The standard InChI is InChI=1S/C13H19N3O.ClH/c1-16(9-10-4-2-3-5-10)13(17)11-8-15-7-6-12(11)14;/h6-8,10H,2-5,9H2,1H3,(H2,14,15);1H. The van der Waals surface area contributed by atoms with E-state index in [1.807, 2.05) is 7.05 Å². The first-order valence-electron chi connectivity index (χ1n) is 6.13. The van der Waals surface area contributed by atoms with Gasteiger partial charge in [0.15, 0.2) is 0 Å².